The Morgan fingerprint density at radius 1 is 1.13 bits per heavy atom. The molecular formula is C11H9N7O2S3. The Morgan fingerprint density at radius 2 is 1.83 bits per heavy atom. The minimum atomic E-state index is -3.73. The highest BCUT2D eigenvalue weighted by Gasteiger charge is 2.32. The zero-order valence-electron chi connectivity index (χ0n) is 11.3. The molecule has 12 heteroatoms. The van der Waals surface area contributed by atoms with Crippen molar-refractivity contribution in [1.82, 2.24) is 10.6 Å². The summed E-state index contributed by atoms with van der Waals surface area (Å²) in [5, 5.41) is 18.8. The normalized spacial score (nSPS) is 20.7. The second kappa shape index (κ2) is 5.81. The summed E-state index contributed by atoms with van der Waals surface area (Å²) in [6.07, 6.45) is 0. The van der Waals surface area contributed by atoms with Gasteiger partial charge in [0.25, 0.3) is 0 Å². The fourth-order valence-electron chi connectivity index (χ4n) is 1.84. The molecule has 1 unspecified atom stereocenters. The zero-order valence-corrected chi connectivity index (χ0v) is 13.7. The molecular weight excluding hydrogens is 358 g/mol. The Kier molecular flexibility index (Phi) is 3.97. The van der Waals surface area contributed by atoms with Gasteiger partial charge in [-0.15, -0.1) is 10.2 Å². The van der Waals surface area contributed by atoms with Crippen LogP contribution >= 0.6 is 24.4 Å². The summed E-state index contributed by atoms with van der Waals surface area (Å²) in [6.45, 7) is 0. The number of thiocarbonyl (C=S) groups is 2. The van der Waals surface area contributed by atoms with E-state index in [9.17, 15) is 8.42 Å². The van der Waals surface area contributed by atoms with Crippen LogP contribution in [0.15, 0.2) is 49.4 Å². The predicted octanol–water partition coefficient (Wildman–Crippen LogP) is 0.360. The van der Waals surface area contributed by atoms with Gasteiger partial charge < -0.3 is 10.6 Å². The molecule has 118 valence electrons. The third-order valence-corrected chi connectivity index (χ3v) is 4.32. The summed E-state index contributed by atoms with van der Waals surface area (Å²) in [4.78, 5) is 8.75. The van der Waals surface area contributed by atoms with Crippen molar-refractivity contribution in [3.05, 3.63) is 24.3 Å². The molecule has 0 spiro atoms. The Labute approximate surface area is 141 Å². The number of nitrogens with one attached hydrogen (secondary N) is 2. The first-order chi connectivity index (χ1) is 10.8. The Balaban J connectivity index is 1.77. The van der Waals surface area contributed by atoms with Gasteiger partial charge in [0.05, 0.1) is 10.6 Å². The fourth-order valence-corrected chi connectivity index (χ4v) is 2.89. The average molecular weight is 367 g/mol. The zero-order chi connectivity index (χ0) is 16.6. The Bertz CT molecular complexity index is 887. The lowest BCUT2D eigenvalue weighted by Crippen LogP contribution is -2.46. The van der Waals surface area contributed by atoms with Crippen molar-refractivity contribution in [3.8, 4) is 0 Å². The first-order valence-corrected chi connectivity index (χ1v) is 8.52. The molecule has 1 aromatic carbocycles. The van der Waals surface area contributed by atoms with Gasteiger partial charge in [0.15, 0.2) is 11.2 Å². The van der Waals surface area contributed by atoms with Crippen LogP contribution in [0.2, 0.25) is 0 Å². The molecule has 3 rings (SSSR count). The number of nitrogens with two attached hydrogens (primary N) is 1. The smallest absolute Gasteiger partial charge is 0.244 e. The Morgan fingerprint density at radius 3 is 2.48 bits per heavy atom. The number of amidine groups is 1. The highest BCUT2D eigenvalue weighted by molar-refractivity contribution is 7.89. The van der Waals surface area contributed by atoms with Crippen LogP contribution in [0.1, 0.15) is 0 Å². The maximum Gasteiger partial charge on any atom is 0.244 e. The second-order valence-electron chi connectivity index (χ2n) is 4.51. The number of hydrogen-bond donors (Lipinski definition) is 3. The number of fused-ring (bicyclic) bond motifs is 1. The van der Waals surface area contributed by atoms with E-state index in [1.54, 1.807) is 0 Å². The monoisotopic (exact) mass is 367 g/mol. The van der Waals surface area contributed by atoms with Crippen LogP contribution in [-0.2, 0) is 10.0 Å². The minimum absolute atomic E-state index is 0.00177. The van der Waals surface area contributed by atoms with E-state index in [4.69, 9.17) is 29.6 Å². The molecule has 23 heavy (non-hydrogen) atoms. The van der Waals surface area contributed by atoms with Gasteiger partial charge in [-0.2, -0.15) is 0 Å². The van der Waals surface area contributed by atoms with Crippen LogP contribution in [0.5, 0.6) is 0 Å². The lowest BCUT2D eigenvalue weighted by atomic mass is 10.2. The van der Waals surface area contributed by atoms with Crippen LogP contribution in [-0.4, -0.2) is 36.4 Å². The molecule has 4 N–H and O–H groups in total. The van der Waals surface area contributed by atoms with Gasteiger partial charge in [-0.05, 0) is 36.5 Å². The van der Waals surface area contributed by atoms with Crippen molar-refractivity contribution < 1.29 is 8.42 Å². The first-order valence-electron chi connectivity index (χ1n) is 6.16. The SMILES string of the molecule is NS(=O)(=O)c1ccc(N=NC2=NC3C(=S)NC(=S)N=C3N2)cc1. The van der Waals surface area contributed by atoms with Gasteiger partial charge in [-0.25, -0.2) is 23.5 Å². The van der Waals surface area contributed by atoms with E-state index in [1.165, 1.54) is 24.3 Å². The molecule has 2 heterocycles. The summed E-state index contributed by atoms with van der Waals surface area (Å²) >= 11 is 10.1. The highest BCUT2D eigenvalue weighted by Crippen LogP contribution is 2.17. The molecule has 1 atom stereocenters. The fraction of sp³-hybridized carbons (Fsp3) is 0.0909. The quantitative estimate of drug-likeness (QED) is 0.510. The molecule has 1 aromatic rings. The molecule has 0 radical (unpaired) electrons. The maximum absolute atomic E-state index is 11.2. The minimum Gasteiger partial charge on any atom is -0.323 e. The number of rotatable bonds is 2. The number of benzene rings is 1. The number of sulfonamides is 1. The average Bonchev–Trinajstić information content (AvgIpc) is 2.88. The standard InChI is InChI=1S/C11H9N7O2S3/c12-23(19,20)6-3-1-5(2-4-6)17-18-10-13-7-8(14-10)15-11(22)16-9(7)21/h1-4,7H,(H2,12,19,20)(H2,13,14,15,16,21,22). The van der Waals surface area contributed by atoms with Crippen LogP contribution < -0.4 is 15.8 Å². The van der Waals surface area contributed by atoms with Gasteiger partial charge in [-0.3, -0.25) is 0 Å². The number of azo groups is 1. The summed E-state index contributed by atoms with van der Waals surface area (Å²) in [6, 6.07) is 5.19. The molecule has 0 aromatic heterocycles. The molecule has 2 aliphatic rings. The van der Waals surface area contributed by atoms with Crippen molar-refractivity contribution in [2.75, 3.05) is 0 Å². The molecule has 0 saturated carbocycles. The largest absolute Gasteiger partial charge is 0.323 e. The molecule has 0 saturated heterocycles. The van der Waals surface area contributed by atoms with E-state index in [1.807, 2.05) is 0 Å². The summed E-state index contributed by atoms with van der Waals surface area (Å²) in [5.74, 6) is 0.732. The first kappa shape index (κ1) is 15.7. The molecule has 0 aliphatic carbocycles. The highest BCUT2D eigenvalue weighted by atomic mass is 32.2. The van der Waals surface area contributed by atoms with Crippen molar-refractivity contribution >= 4 is 62.0 Å². The Hall–Kier alpha value is -2.15. The van der Waals surface area contributed by atoms with Crippen LogP contribution in [0.25, 0.3) is 0 Å². The lowest BCUT2D eigenvalue weighted by Gasteiger charge is -2.16. The second-order valence-corrected chi connectivity index (χ2v) is 6.90. The van der Waals surface area contributed by atoms with Gasteiger partial charge in [0.2, 0.25) is 16.0 Å². The van der Waals surface area contributed by atoms with Gasteiger partial charge in [-0.1, -0.05) is 12.2 Å². The predicted molar refractivity (Wildman–Crippen MR) is 92.5 cm³/mol. The molecule has 0 amide bonds. The van der Waals surface area contributed by atoms with Crippen molar-refractivity contribution in [3.63, 3.8) is 0 Å². The molecule has 0 bridgehead atoms. The molecule has 9 nitrogen and oxygen atoms in total. The van der Waals surface area contributed by atoms with Gasteiger partial charge in [0.1, 0.15) is 10.8 Å². The van der Waals surface area contributed by atoms with E-state index in [0.29, 0.717) is 16.5 Å². The number of primary sulfonamides is 1. The van der Waals surface area contributed by atoms with Gasteiger partial charge in [0, 0.05) is 0 Å². The number of nitrogens with zero attached hydrogens (tertiary/aromatic N) is 4. The van der Waals surface area contributed by atoms with Crippen LogP contribution in [0.3, 0.4) is 0 Å². The van der Waals surface area contributed by atoms with Crippen molar-refractivity contribution in [2.45, 2.75) is 10.9 Å². The van der Waals surface area contributed by atoms with Gasteiger partial charge >= 0.3 is 0 Å². The summed E-state index contributed by atoms with van der Waals surface area (Å²) < 4.78 is 22.3. The lowest BCUT2D eigenvalue weighted by molar-refractivity contribution is 0.598. The number of guanidine groups is 1. The van der Waals surface area contributed by atoms with E-state index >= 15 is 0 Å². The maximum atomic E-state index is 11.2. The summed E-state index contributed by atoms with van der Waals surface area (Å²) in [5.41, 5.74) is 0.440. The summed E-state index contributed by atoms with van der Waals surface area (Å²) in [7, 11) is -3.73. The van der Waals surface area contributed by atoms with Crippen molar-refractivity contribution in [2.24, 2.45) is 25.4 Å². The van der Waals surface area contributed by atoms with Crippen molar-refractivity contribution in [1.29, 1.82) is 0 Å². The number of hydrogen-bond acceptors (Lipinski definition) is 8. The van der Waals surface area contributed by atoms with Crippen LogP contribution in [0, 0.1) is 0 Å². The third kappa shape index (κ3) is 3.44. The van der Waals surface area contributed by atoms with E-state index in [-0.39, 0.29) is 16.0 Å². The third-order valence-electron chi connectivity index (χ3n) is 2.88. The van der Waals surface area contributed by atoms with Crippen LogP contribution in [0.4, 0.5) is 5.69 Å². The topological polar surface area (TPSA) is 134 Å². The number of aliphatic imine (C=N–C) groups is 2. The van der Waals surface area contributed by atoms with E-state index in [0.717, 1.165) is 0 Å². The molecule has 0 fully saturated rings. The van der Waals surface area contributed by atoms with E-state index < -0.39 is 16.1 Å². The molecule has 2 aliphatic heterocycles. The van der Waals surface area contributed by atoms with E-state index in [2.05, 4.69) is 30.8 Å².